The standard InChI is InChI=1S/C13H23NO5/c1-13(2,7-15)10(16)11(17)14-9-5-3-4-8(6-9)12(18)19/h8-10,15-16H,3-7H2,1-2H3,(H,14,17)(H,18,19)/p-1/t8-,9-,10+/m0/s1. The fourth-order valence-electron chi connectivity index (χ4n) is 2.26. The molecule has 1 aliphatic carbocycles. The Labute approximate surface area is 112 Å². The SMILES string of the molecule is CC(C)(CO)[C@H](O)C(=O)N[C@H]1CCC[C@H](C(=O)[O-])C1. The summed E-state index contributed by atoms with van der Waals surface area (Å²) in [6, 6.07) is -0.256. The molecule has 0 radical (unpaired) electrons. The molecule has 0 spiro atoms. The summed E-state index contributed by atoms with van der Waals surface area (Å²) in [7, 11) is 0. The minimum atomic E-state index is -1.32. The quantitative estimate of drug-likeness (QED) is 0.582. The first-order valence-electron chi connectivity index (χ1n) is 6.58. The van der Waals surface area contributed by atoms with Crippen LogP contribution < -0.4 is 10.4 Å². The molecule has 19 heavy (non-hydrogen) atoms. The van der Waals surface area contributed by atoms with Gasteiger partial charge in [-0.15, -0.1) is 0 Å². The largest absolute Gasteiger partial charge is 0.550 e. The second-order valence-electron chi connectivity index (χ2n) is 5.94. The third-order valence-corrected chi connectivity index (χ3v) is 3.75. The maximum absolute atomic E-state index is 11.9. The van der Waals surface area contributed by atoms with Crippen LogP contribution >= 0.6 is 0 Å². The van der Waals surface area contributed by atoms with Gasteiger partial charge in [0.2, 0.25) is 5.91 Å². The zero-order chi connectivity index (χ0) is 14.6. The minimum Gasteiger partial charge on any atom is -0.550 e. The second-order valence-corrected chi connectivity index (χ2v) is 5.94. The number of aliphatic hydroxyl groups is 2. The van der Waals surface area contributed by atoms with Crippen molar-refractivity contribution in [3.8, 4) is 0 Å². The third-order valence-electron chi connectivity index (χ3n) is 3.75. The van der Waals surface area contributed by atoms with Crippen molar-refractivity contribution in [2.75, 3.05) is 6.61 Å². The molecule has 0 bridgehead atoms. The van der Waals surface area contributed by atoms with Gasteiger partial charge in [0.25, 0.3) is 0 Å². The van der Waals surface area contributed by atoms with Crippen LogP contribution in [0, 0.1) is 11.3 Å². The monoisotopic (exact) mass is 272 g/mol. The Morgan fingerprint density at radius 3 is 2.58 bits per heavy atom. The van der Waals surface area contributed by atoms with Gasteiger partial charge in [-0.05, 0) is 19.3 Å². The minimum absolute atomic E-state index is 0.256. The number of rotatable bonds is 5. The zero-order valence-electron chi connectivity index (χ0n) is 11.4. The molecule has 0 unspecified atom stereocenters. The molecule has 1 saturated carbocycles. The highest BCUT2D eigenvalue weighted by atomic mass is 16.4. The van der Waals surface area contributed by atoms with Crippen molar-refractivity contribution in [2.24, 2.45) is 11.3 Å². The summed E-state index contributed by atoms with van der Waals surface area (Å²) in [6.07, 6.45) is 0.991. The first-order valence-corrected chi connectivity index (χ1v) is 6.58. The van der Waals surface area contributed by atoms with Gasteiger partial charge in [0.05, 0.1) is 6.61 Å². The van der Waals surface area contributed by atoms with Gasteiger partial charge >= 0.3 is 0 Å². The zero-order valence-corrected chi connectivity index (χ0v) is 11.4. The van der Waals surface area contributed by atoms with Gasteiger partial charge < -0.3 is 25.4 Å². The van der Waals surface area contributed by atoms with Gasteiger partial charge in [-0.25, -0.2) is 0 Å². The number of carboxylic acids is 1. The summed E-state index contributed by atoms with van der Waals surface area (Å²) in [4.78, 5) is 22.7. The lowest BCUT2D eigenvalue weighted by Gasteiger charge is -2.33. The maximum Gasteiger partial charge on any atom is 0.249 e. The normalized spacial score (nSPS) is 25.7. The van der Waals surface area contributed by atoms with E-state index in [-0.39, 0.29) is 12.6 Å². The summed E-state index contributed by atoms with van der Waals surface area (Å²) in [5.74, 6) is -2.19. The Morgan fingerprint density at radius 2 is 2.05 bits per heavy atom. The average molecular weight is 272 g/mol. The van der Waals surface area contributed by atoms with Crippen molar-refractivity contribution in [1.82, 2.24) is 5.32 Å². The van der Waals surface area contributed by atoms with Gasteiger partial charge in [-0.2, -0.15) is 0 Å². The average Bonchev–Trinajstić information content (AvgIpc) is 2.38. The molecule has 6 heteroatoms. The number of carbonyl (C=O) groups is 2. The molecule has 1 aliphatic rings. The molecule has 1 amide bonds. The van der Waals surface area contributed by atoms with E-state index in [0.29, 0.717) is 25.7 Å². The Balaban J connectivity index is 2.55. The molecule has 0 saturated heterocycles. The van der Waals surface area contributed by atoms with E-state index < -0.39 is 29.3 Å². The fraction of sp³-hybridized carbons (Fsp3) is 0.846. The van der Waals surface area contributed by atoms with E-state index in [4.69, 9.17) is 5.11 Å². The molecule has 110 valence electrons. The Morgan fingerprint density at radius 1 is 1.42 bits per heavy atom. The van der Waals surface area contributed by atoms with E-state index in [0.717, 1.165) is 0 Å². The van der Waals surface area contributed by atoms with E-state index in [1.54, 1.807) is 13.8 Å². The highest BCUT2D eigenvalue weighted by Crippen LogP contribution is 2.25. The molecule has 1 rings (SSSR count). The number of carbonyl (C=O) groups excluding carboxylic acids is 2. The van der Waals surface area contributed by atoms with Gasteiger partial charge in [-0.3, -0.25) is 4.79 Å². The number of aliphatic carboxylic acids is 1. The number of hydrogen-bond donors (Lipinski definition) is 3. The van der Waals surface area contributed by atoms with Crippen molar-refractivity contribution < 1.29 is 24.9 Å². The van der Waals surface area contributed by atoms with Crippen molar-refractivity contribution in [3.63, 3.8) is 0 Å². The van der Waals surface area contributed by atoms with E-state index >= 15 is 0 Å². The van der Waals surface area contributed by atoms with Crippen LogP contribution in [0.5, 0.6) is 0 Å². The van der Waals surface area contributed by atoms with Crippen LogP contribution in [0.15, 0.2) is 0 Å². The molecule has 0 aromatic rings. The number of aliphatic hydroxyl groups excluding tert-OH is 2. The first-order chi connectivity index (χ1) is 8.77. The molecule has 0 heterocycles. The van der Waals surface area contributed by atoms with Crippen LogP contribution in [0.1, 0.15) is 39.5 Å². The fourth-order valence-corrected chi connectivity index (χ4v) is 2.26. The lowest BCUT2D eigenvalue weighted by Crippen LogP contribution is -2.50. The summed E-state index contributed by atoms with van der Waals surface area (Å²) < 4.78 is 0. The lowest BCUT2D eigenvalue weighted by atomic mass is 9.84. The molecule has 0 aliphatic heterocycles. The Hall–Kier alpha value is -1.14. The third kappa shape index (κ3) is 4.18. The number of hydrogen-bond acceptors (Lipinski definition) is 5. The van der Waals surface area contributed by atoms with Crippen LogP contribution in [-0.2, 0) is 9.59 Å². The number of carboxylic acid groups (broad SMARTS) is 1. The van der Waals surface area contributed by atoms with Gasteiger partial charge in [0.15, 0.2) is 0 Å². The van der Waals surface area contributed by atoms with Crippen molar-refractivity contribution >= 4 is 11.9 Å². The Bertz CT molecular complexity index is 342. The predicted octanol–water partition coefficient (Wildman–Crippen LogP) is -1.21. The summed E-state index contributed by atoms with van der Waals surface area (Å²) in [5, 5.41) is 32.4. The second kappa shape index (κ2) is 6.34. The smallest absolute Gasteiger partial charge is 0.249 e. The molecule has 0 aromatic heterocycles. The van der Waals surface area contributed by atoms with Gasteiger partial charge in [-0.1, -0.05) is 20.3 Å². The molecular weight excluding hydrogens is 250 g/mol. The Kier molecular flexibility index (Phi) is 5.31. The number of nitrogens with one attached hydrogen (secondary N) is 1. The predicted molar refractivity (Wildman–Crippen MR) is 65.8 cm³/mol. The topological polar surface area (TPSA) is 110 Å². The first kappa shape index (κ1) is 15.9. The van der Waals surface area contributed by atoms with Crippen molar-refractivity contribution in [3.05, 3.63) is 0 Å². The van der Waals surface area contributed by atoms with E-state index in [2.05, 4.69) is 5.32 Å². The van der Waals surface area contributed by atoms with Crippen molar-refractivity contribution in [2.45, 2.75) is 51.7 Å². The van der Waals surface area contributed by atoms with Crippen LogP contribution in [0.2, 0.25) is 0 Å². The summed E-state index contributed by atoms with van der Waals surface area (Å²) >= 11 is 0. The molecule has 0 aromatic carbocycles. The van der Waals surface area contributed by atoms with Crippen LogP contribution in [-0.4, -0.2) is 40.8 Å². The van der Waals surface area contributed by atoms with E-state index in [1.165, 1.54) is 0 Å². The summed E-state index contributed by atoms with van der Waals surface area (Å²) in [5.41, 5.74) is -0.924. The van der Waals surface area contributed by atoms with Gasteiger partial charge in [0, 0.05) is 23.3 Å². The van der Waals surface area contributed by atoms with Crippen LogP contribution in [0.3, 0.4) is 0 Å². The highest BCUT2D eigenvalue weighted by Gasteiger charge is 2.34. The number of amides is 1. The molecule has 3 atom stereocenters. The van der Waals surface area contributed by atoms with Gasteiger partial charge in [0.1, 0.15) is 6.10 Å². The highest BCUT2D eigenvalue weighted by molar-refractivity contribution is 5.81. The van der Waals surface area contributed by atoms with Crippen LogP contribution in [0.25, 0.3) is 0 Å². The van der Waals surface area contributed by atoms with E-state index in [1.807, 2.05) is 0 Å². The molecule has 3 N–H and O–H groups in total. The molecule has 1 fully saturated rings. The molecule has 6 nitrogen and oxygen atoms in total. The van der Waals surface area contributed by atoms with E-state index in [9.17, 15) is 19.8 Å². The van der Waals surface area contributed by atoms with Crippen LogP contribution in [0.4, 0.5) is 0 Å². The maximum atomic E-state index is 11.9. The lowest BCUT2D eigenvalue weighted by molar-refractivity contribution is -0.312. The summed E-state index contributed by atoms with van der Waals surface area (Å²) in [6.45, 7) is 2.86. The molecular formula is C13H22NO5-. The van der Waals surface area contributed by atoms with Crippen molar-refractivity contribution in [1.29, 1.82) is 0 Å².